The number of methoxy groups -OCH3 is 1. The van der Waals surface area contributed by atoms with Crippen LogP contribution in [0.1, 0.15) is 79.6 Å². The molecule has 4 amide bonds. The number of amides is 4. The highest BCUT2D eigenvalue weighted by Gasteiger charge is 2.62. The third kappa shape index (κ3) is 9.77. The molecule has 2 saturated heterocycles. The lowest BCUT2D eigenvalue weighted by Gasteiger charge is -2.43. The number of allylic oxidation sites excluding steroid dienone is 1. The van der Waals surface area contributed by atoms with Gasteiger partial charge in [-0.05, 0) is 113 Å². The van der Waals surface area contributed by atoms with Crippen molar-refractivity contribution < 1.29 is 46.9 Å². The van der Waals surface area contributed by atoms with Gasteiger partial charge in [0.2, 0.25) is 27.7 Å². The molecule has 0 unspecified atom stereocenters. The maximum atomic E-state index is 15.3. The van der Waals surface area contributed by atoms with E-state index in [9.17, 15) is 27.9 Å². The van der Waals surface area contributed by atoms with Gasteiger partial charge in [-0.15, -0.1) is 0 Å². The molecule has 3 aromatic rings. The molecule has 2 aliphatic carbocycles. The average molecular weight is 915 g/mol. The minimum atomic E-state index is -3.95. The first kappa shape index (κ1) is 46.1. The number of morpholine rings is 1. The monoisotopic (exact) mass is 914 g/mol. The summed E-state index contributed by atoms with van der Waals surface area (Å²) in [7, 11) is -2.36. The number of benzene rings is 2. The van der Waals surface area contributed by atoms with Crippen molar-refractivity contribution in [3.8, 4) is 22.9 Å². The molecule has 1 aromatic heterocycles. The van der Waals surface area contributed by atoms with Crippen LogP contribution in [0.3, 0.4) is 0 Å². The van der Waals surface area contributed by atoms with Gasteiger partial charge in [-0.2, -0.15) is 0 Å². The van der Waals surface area contributed by atoms with Gasteiger partial charge < -0.3 is 34.4 Å². The summed E-state index contributed by atoms with van der Waals surface area (Å²) in [6.45, 7) is 12.0. The highest BCUT2D eigenvalue weighted by molar-refractivity contribution is 7.91. The van der Waals surface area contributed by atoms with Crippen LogP contribution < -0.4 is 24.4 Å². The molecular formula is C48H62N6O10S. The summed E-state index contributed by atoms with van der Waals surface area (Å²) >= 11 is 0. The van der Waals surface area contributed by atoms with Gasteiger partial charge in [0.15, 0.2) is 0 Å². The van der Waals surface area contributed by atoms with Crippen molar-refractivity contribution in [3.63, 3.8) is 0 Å². The van der Waals surface area contributed by atoms with Gasteiger partial charge in [0, 0.05) is 47.6 Å². The number of nitrogens with one attached hydrogen (secondary N) is 2. The lowest BCUT2D eigenvalue weighted by atomic mass is 9.85. The predicted molar refractivity (Wildman–Crippen MR) is 245 cm³/mol. The Morgan fingerprint density at radius 3 is 2.40 bits per heavy atom. The third-order valence-electron chi connectivity index (χ3n) is 13.6. The van der Waals surface area contributed by atoms with E-state index in [-0.39, 0.29) is 31.2 Å². The summed E-state index contributed by atoms with van der Waals surface area (Å²) in [6, 6.07) is 13.2. The van der Waals surface area contributed by atoms with Crippen LogP contribution in [0.5, 0.6) is 11.6 Å². The van der Waals surface area contributed by atoms with Crippen LogP contribution in [0.2, 0.25) is 0 Å². The molecule has 65 heavy (non-hydrogen) atoms. The first-order valence-electron chi connectivity index (χ1n) is 22.8. The first-order valence-corrected chi connectivity index (χ1v) is 24.4. The van der Waals surface area contributed by atoms with E-state index >= 15 is 4.79 Å². The molecule has 5 aliphatic rings. The molecule has 3 aliphatic heterocycles. The fourth-order valence-corrected chi connectivity index (χ4v) is 11.2. The van der Waals surface area contributed by atoms with Crippen molar-refractivity contribution in [1.29, 1.82) is 0 Å². The molecule has 7 atom stereocenters. The Morgan fingerprint density at radius 1 is 1.02 bits per heavy atom. The van der Waals surface area contributed by atoms with Crippen LogP contribution in [0, 0.1) is 17.8 Å². The quantitative estimate of drug-likeness (QED) is 0.221. The SMILES string of the molecule is COc1ccc2c(O[C@@H]3C[C@H]4C(=O)N[C@]5(C(=O)NS(=O)(=O)C6CC6)C[C@H]5/C=C\CC[C@@H](C)C[C@@H](C)[C@H](N(C(=O)O)C(C)(C)C)C(=O)N4C3)nc(-c3ccc(N4CCOCC4)cc3)cc2c1. The summed E-state index contributed by atoms with van der Waals surface area (Å²) in [6.07, 6.45) is 4.71. The van der Waals surface area contributed by atoms with Gasteiger partial charge >= 0.3 is 6.09 Å². The van der Waals surface area contributed by atoms with Crippen molar-refractivity contribution in [2.45, 2.75) is 114 Å². The van der Waals surface area contributed by atoms with Crippen molar-refractivity contribution in [2.24, 2.45) is 17.8 Å². The summed E-state index contributed by atoms with van der Waals surface area (Å²) in [5.74, 6) is -1.97. The normalized spacial score (nSPS) is 28.2. The summed E-state index contributed by atoms with van der Waals surface area (Å²) in [5, 5.41) is 14.5. The molecule has 2 aromatic carbocycles. The number of fused-ring (bicyclic) bond motifs is 3. The van der Waals surface area contributed by atoms with Gasteiger partial charge in [0.25, 0.3) is 5.91 Å². The highest BCUT2D eigenvalue weighted by atomic mass is 32.2. The number of hydrogen-bond donors (Lipinski definition) is 3. The molecule has 3 N–H and O–H groups in total. The third-order valence-corrected chi connectivity index (χ3v) is 15.4. The largest absolute Gasteiger partial charge is 0.497 e. The standard InChI is InChI=1S/C48H62N6O10S/c1-29-9-7-8-10-33-27-48(33,45(57)51-65(60,61)37-16-17-37)50-42(55)40-26-36(28-53(40)44(56)41(30(2)23-29)54(46(58)59)47(3,4)5)64-43-38-18-15-35(62-6)24-32(38)25-39(49-43)31-11-13-34(14-12-31)52-19-21-63-22-20-52/h8,10-15,18,24-25,29-30,33,36-37,40-41H,7,9,16-17,19-23,26-28H2,1-6H3,(H,50,55)(H,51,57)(H,58,59)/b10-8-/t29-,30-,33-,36-,40+,41+,48-/m1/s1. The second-order valence-electron chi connectivity index (χ2n) is 19.6. The number of aromatic nitrogens is 1. The Labute approximate surface area is 381 Å². The molecule has 2 saturated carbocycles. The van der Waals surface area contributed by atoms with Gasteiger partial charge in [0.05, 0.1) is 37.8 Å². The maximum absolute atomic E-state index is 15.3. The van der Waals surface area contributed by atoms with Crippen LogP contribution in [-0.2, 0) is 29.1 Å². The fraction of sp³-hybridized carbons (Fsp3) is 0.562. The van der Waals surface area contributed by atoms with E-state index in [1.807, 2.05) is 49.4 Å². The Morgan fingerprint density at radius 2 is 1.74 bits per heavy atom. The van der Waals surface area contributed by atoms with Gasteiger partial charge in [-0.1, -0.05) is 38.1 Å². The van der Waals surface area contributed by atoms with E-state index < -0.39 is 80.2 Å². The first-order chi connectivity index (χ1) is 30.9. The number of ether oxygens (including phenoxy) is 3. The van der Waals surface area contributed by atoms with Crippen LogP contribution >= 0.6 is 0 Å². The zero-order chi connectivity index (χ0) is 46.4. The van der Waals surface area contributed by atoms with E-state index in [4.69, 9.17) is 19.2 Å². The number of carbonyl (C=O) groups is 4. The second kappa shape index (κ2) is 18.1. The lowest BCUT2D eigenvalue weighted by molar-refractivity contribution is -0.146. The molecule has 8 rings (SSSR count). The summed E-state index contributed by atoms with van der Waals surface area (Å²) in [5.41, 5.74) is -0.0248. The molecular weight excluding hydrogens is 853 g/mol. The summed E-state index contributed by atoms with van der Waals surface area (Å²) < 4.78 is 46.3. The minimum Gasteiger partial charge on any atom is -0.497 e. The van der Waals surface area contributed by atoms with E-state index in [1.54, 1.807) is 33.9 Å². The number of nitrogens with zero attached hydrogens (tertiary/aromatic N) is 4. The molecule has 0 radical (unpaired) electrons. The molecule has 0 spiro atoms. The Hall–Kier alpha value is -5.42. The fourth-order valence-electron chi connectivity index (χ4n) is 9.86. The Kier molecular flexibility index (Phi) is 12.8. The molecule has 350 valence electrons. The van der Waals surface area contributed by atoms with E-state index in [0.717, 1.165) is 36.1 Å². The van der Waals surface area contributed by atoms with Crippen molar-refractivity contribution in [3.05, 3.63) is 60.7 Å². The van der Waals surface area contributed by atoms with Crippen molar-refractivity contribution in [2.75, 3.05) is 44.9 Å². The number of anilines is 1. The van der Waals surface area contributed by atoms with E-state index in [0.29, 0.717) is 55.7 Å². The van der Waals surface area contributed by atoms with Crippen molar-refractivity contribution >= 4 is 50.3 Å². The van der Waals surface area contributed by atoms with E-state index in [2.05, 4.69) is 34.0 Å². The maximum Gasteiger partial charge on any atom is 0.408 e. The highest BCUT2D eigenvalue weighted by Crippen LogP contribution is 2.46. The lowest BCUT2D eigenvalue weighted by Crippen LogP contribution is -2.62. The average Bonchev–Trinajstić information content (AvgIpc) is 4.20. The van der Waals surface area contributed by atoms with Crippen LogP contribution in [0.15, 0.2) is 60.7 Å². The Bertz CT molecular complexity index is 2450. The number of carbonyl (C=O) groups excluding carboxylic acids is 3. The zero-order valence-corrected chi connectivity index (χ0v) is 38.9. The topological polar surface area (TPSA) is 197 Å². The van der Waals surface area contributed by atoms with Crippen molar-refractivity contribution in [1.82, 2.24) is 24.8 Å². The number of sulfonamides is 1. The van der Waals surface area contributed by atoms with Crippen LogP contribution in [0.4, 0.5) is 10.5 Å². The summed E-state index contributed by atoms with van der Waals surface area (Å²) in [4.78, 5) is 67.3. The van der Waals surface area contributed by atoms with Crippen LogP contribution in [-0.4, -0.2) is 127 Å². The van der Waals surface area contributed by atoms with Gasteiger partial charge in [0.1, 0.15) is 29.5 Å². The number of pyridine rings is 1. The molecule has 16 nitrogen and oxygen atoms in total. The molecule has 4 fully saturated rings. The molecule has 4 heterocycles. The Balaban J connectivity index is 1.17. The molecule has 17 heteroatoms. The van der Waals surface area contributed by atoms with Gasteiger partial charge in [-0.25, -0.2) is 18.2 Å². The number of hydrogen-bond acceptors (Lipinski definition) is 11. The zero-order valence-electron chi connectivity index (χ0n) is 38.1. The van der Waals surface area contributed by atoms with Gasteiger partial charge in [-0.3, -0.25) is 24.0 Å². The van der Waals surface area contributed by atoms with Crippen LogP contribution in [0.25, 0.3) is 22.0 Å². The number of carboxylic acid groups (broad SMARTS) is 1. The smallest absolute Gasteiger partial charge is 0.408 e. The molecule has 0 bridgehead atoms. The second-order valence-corrected chi connectivity index (χ2v) is 21.5. The predicted octanol–water partition coefficient (Wildman–Crippen LogP) is 5.74. The minimum absolute atomic E-state index is 0.0198. The van der Waals surface area contributed by atoms with E-state index in [1.165, 1.54) is 9.80 Å². The number of rotatable bonds is 9.